The summed E-state index contributed by atoms with van der Waals surface area (Å²) in [7, 11) is 0. The molecule has 2 N–H and O–H groups in total. The van der Waals surface area contributed by atoms with Crippen molar-refractivity contribution in [2.24, 2.45) is 5.73 Å². The van der Waals surface area contributed by atoms with Gasteiger partial charge in [-0.3, -0.25) is 0 Å². The van der Waals surface area contributed by atoms with Gasteiger partial charge in [0.25, 0.3) is 0 Å². The Labute approximate surface area is 104 Å². The zero-order chi connectivity index (χ0) is 12.7. The molecule has 1 heterocycles. The third-order valence-electron chi connectivity index (χ3n) is 3.92. The van der Waals surface area contributed by atoms with Crippen LogP contribution in [0.15, 0.2) is 24.3 Å². The maximum absolute atomic E-state index is 6.11. The van der Waals surface area contributed by atoms with E-state index >= 15 is 0 Å². The van der Waals surface area contributed by atoms with Crippen molar-refractivity contribution in [3.8, 4) is 0 Å². The summed E-state index contributed by atoms with van der Waals surface area (Å²) in [5, 5.41) is 0. The van der Waals surface area contributed by atoms with E-state index in [1.54, 1.807) is 0 Å². The van der Waals surface area contributed by atoms with E-state index in [-0.39, 0.29) is 16.9 Å². The van der Waals surface area contributed by atoms with Crippen molar-refractivity contribution in [3.05, 3.63) is 35.4 Å². The summed E-state index contributed by atoms with van der Waals surface area (Å²) in [6, 6.07) is 9.01. The van der Waals surface area contributed by atoms with E-state index in [0.29, 0.717) is 0 Å². The van der Waals surface area contributed by atoms with Crippen molar-refractivity contribution >= 4 is 0 Å². The lowest BCUT2D eigenvalue weighted by Crippen LogP contribution is -2.57. The second-order valence-electron chi connectivity index (χ2n) is 6.26. The molecule has 1 aromatic carbocycles. The predicted octanol–water partition coefficient (Wildman–Crippen LogP) is 2.60. The quantitative estimate of drug-likeness (QED) is 0.852. The van der Waals surface area contributed by atoms with E-state index in [0.717, 1.165) is 13.2 Å². The fraction of sp³-hybridized carbons (Fsp3) is 0.600. The fourth-order valence-corrected chi connectivity index (χ4v) is 2.32. The van der Waals surface area contributed by atoms with Crippen LogP contribution in [0.25, 0.3) is 0 Å². The summed E-state index contributed by atoms with van der Waals surface area (Å²) in [4.78, 5) is 0. The minimum Gasteiger partial charge on any atom is -0.379 e. The van der Waals surface area contributed by atoms with Gasteiger partial charge in [0.2, 0.25) is 0 Å². The first-order valence-electron chi connectivity index (χ1n) is 6.31. The van der Waals surface area contributed by atoms with Crippen LogP contribution in [0.3, 0.4) is 0 Å². The maximum Gasteiger partial charge on any atom is 0.0600 e. The molecule has 1 atom stereocenters. The number of ether oxygens (including phenoxy) is 1. The maximum atomic E-state index is 6.11. The molecule has 0 radical (unpaired) electrons. The summed E-state index contributed by atoms with van der Waals surface area (Å²) in [6.45, 7) is 10.3. The van der Waals surface area contributed by atoms with Gasteiger partial charge in [-0.05, 0) is 23.5 Å². The van der Waals surface area contributed by atoms with Crippen LogP contribution in [0.2, 0.25) is 0 Å². The molecule has 0 aliphatic carbocycles. The minimum absolute atomic E-state index is 0.0381. The van der Waals surface area contributed by atoms with Crippen molar-refractivity contribution in [1.29, 1.82) is 0 Å². The molecule has 0 aromatic heterocycles. The lowest BCUT2D eigenvalue weighted by atomic mass is 9.72. The van der Waals surface area contributed by atoms with Gasteiger partial charge < -0.3 is 10.5 Å². The Kier molecular flexibility index (Phi) is 3.04. The monoisotopic (exact) mass is 233 g/mol. The Morgan fingerprint density at radius 1 is 1.18 bits per heavy atom. The van der Waals surface area contributed by atoms with Crippen LogP contribution >= 0.6 is 0 Å². The molecule has 1 aliphatic rings. The van der Waals surface area contributed by atoms with E-state index in [2.05, 4.69) is 52.0 Å². The van der Waals surface area contributed by atoms with Gasteiger partial charge >= 0.3 is 0 Å². The first-order chi connectivity index (χ1) is 7.86. The molecule has 1 aliphatic heterocycles. The molecule has 0 amide bonds. The van der Waals surface area contributed by atoms with Gasteiger partial charge in [0.1, 0.15) is 0 Å². The molecule has 2 heteroatoms. The summed E-state index contributed by atoms with van der Waals surface area (Å²) in [6.07, 6.45) is 0. The van der Waals surface area contributed by atoms with Gasteiger partial charge in [0, 0.05) is 6.04 Å². The van der Waals surface area contributed by atoms with Gasteiger partial charge in [-0.1, -0.05) is 45.0 Å². The van der Waals surface area contributed by atoms with Crippen LogP contribution < -0.4 is 5.73 Å². The molecule has 1 aromatic rings. The van der Waals surface area contributed by atoms with Crippen LogP contribution in [-0.4, -0.2) is 19.3 Å². The van der Waals surface area contributed by atoms with Crippen molar-refractivity contribution < 1.29 is 4.74 Å². The highest BCUT2D eigenvalue weighted by atomic mass is 16.5. The summed E-state index contributed by atoms with van der Waals surface area (Å²) in [5.41, 5.74) is 9.03. The zero-order valence-electron chi connectivity index (χ0n) is 11.3. The van der Waals surface area contributed by atoms with Crippen molar-refractivity contribution in [3.63, 3.8) is 0 Å². The van der Waals surface area contributed by atoms with Crippen molar-refractivity contribution in [2.75, 3.05) is 13.2 Å². The molecule has 2 nitrogen and oxygen atoms in total. The second kappa shape index (κ2) is 4.11. The summed E-state index contributed by atoms with van der Waals surface area (Å²) in [5.74, 6) is 0. The molecule has 0 spiro atoms. The van der Waals surface area contributed by atoms with Crippen molar-refractivity contribution in [2.45, 2.75) is 44.6 Å². The highest BCUT2D eigenvalue weighted by Crippen LogP contribution is 2.36. The number of hydrogen-bond acceptors (Lipinski definition) is 2. The molecule has 94 valence electrons. The predicted molar refractivity (Wildman–Crippen MR) is 71.3 cm³/mol. The van der Waals surface area contributed by atoms with Crippen LogP contribution in [0, 0.1) is 0 Å². The molecule has 2 rings (SSSR count). The van der Waals surface area contributed by atoms with E-state index in [4.69, 9.17) is 10.5 Å². The minimum atomic E-state index is 0.0381. The van der Waals surface area contributed by atoms with Crippen LogP contribution in [-0.2, 0) is 15.6 Å². The molecule has 1 fully saturated rings. The van der Waals surface area contributed by atoms with Crippen LogP contribution in [0.4, 0.5) is 0 Å². The van der Waals surface area contributed by atoms with Gasteiger partial charge in [0.05, 0.1) is 18.6 Å². The van der Waals surface area contributed by atoms with E-state index in [9.17, 15) is 0 Å². The zero-order valence-corrected chi connectivity index (χ0v) is 11.3. The summed E-state index contributed by atoms with van der Waals surface area (Å²) < 4.78 is 5.37. The SMILES string of the molecule is CC(N)C1(c2ccc(C(C)(C)C)cc2)COC1. The van der Waals surface area contributed by atoms with E-state index < -0.39 is 0 Å². The van der Waals surface area contributed by atoms with E-state index in [1.807, 2.05) is 0 Å². The highest BCUT2D eigenvalue weighted by Gasteiger charge is 2.43. The molecular formula is C15H23NO. The van der Waals surface area contributed by atoms with Gasteiger partial charge in [0.15, 0.2) is 0 Å². The topological polar surface area (TPSA) is 35.2 Å². The Balaban J connectivity index is 2.29. The smallest absolute Gasteiger partial charge is 0.0600 e. The van der Waals surface area contributed by atoms with Gasteiger partial charge in [-0.2, -0.15) is 0 Å². The standard InChI is InChI=1S/C15H23NO/c1-11(16)15(9-17-10-15)13-7-5-12(6-8-13)14(2,3)4/h5-8,11H,9-10,16H2,1-4H3. The van der Waals surface area contributed by atoms with Crippen LogP contribution in [0.5, 0.6) is 0 Å². The van der Waals surface area contributed by atoms with Gasteiger partial charge in [-0.15, -0.1) is 0 Å². The first-order valence-corrected chi connectivity index (χ1v) is 6.31. The third kappa shape index (κ3) is 2.12. The van der Waals surface area contributed by atoms with E-state index in [1.165, 1.54) is 11.1 Å². The number of benzene rings is 1. The van der Waals surface area contributed by atoms with Crippen LogP contribution in [0.1, 0.15) is 38.8 Å². The lowest BCUT2D eigenvalue weighted by molar-refractivity contribution is -0.0701. The number of hydrogen-bond donors (Lipinski definition) is 1. The normalized spacial score (nSPS) is 20.8. The molecule has 0 saturated carbocycles. The highest BCUT2D eigenvalue weighted by molar-refractivity contribution is 5.35. The number of nitrogens with two attached hydrogens (primary N) is 1. The van der Waals surface area contributed by atoms with Gasteiger partial charge in [-0.25, -0.2) is 0 Å². The third-order valence-corrected chi connectivity index (χ3v) is 3.92. The largest absolute Gasteiger partial charge is 0.379 e. The molecule has 0 bridgehead atoms. The fourth-order valence-electron chi connectivity index (χ4n) is 2.32. The lowest BCUT2D eigenvalue weighted by Gasteiger charge is -2.45. The Morgan fingerprint density at radius 2 is 1.71 bits per heavy atom. The van der Waals surface area contributed by atoms with Crippen molar-refractivity contribution in [1.82, 2.24) is 0 Å². The average molecular weight is 233 g/mol. The first kappa shape index (κ1) is 12.6. The summed E-state index contributed by atoms with van der Waals surface area (Å²) >= 11 is 0. The Bertz CT molecular complexity index is 382. The average Bonchev–Trinajstić information content (AvgIpc) is 2.14. The molecule has 1 saturated heterocycles. The molecular weight excluding hydrogens is 210 g/mol. The second-order valence-corrected chi connectivity index (χ2v) is 6.26. The Hall–Kier alpha value is -0.860. The molecule has 17 heavy (non-hydrogen) atoms. The Morgan fingerprint density at radius 3 is 2.00 bits per heavy atom. The number of rotatable bonds is 2. The molecule has 1 unspecified atom stereocenters.